The van der Waals surface area contributed by atoms with Crippen LogP contribution in [-0.2, 0) is 0 Å². The summed E-state index contributed by atoms with van der Waals surface area (Å²) in [4.78, 5) is 23.2. The third-order valence-corrected chi connectivity index (χ3v) is 2.67. The number of halogens is 4. The molecule has 0 aliphatic rings. The second-order valence-corrected chi connectivity index (χ2v) is 4.12. The van der Waals surface area contributed by atoms with Crippen LogP contribution in [0.2, 0.25) is 0 Å². The molecule has 0 fully saturated rings. The molecule has 0 saturated heterocycles. The first-order valence-corrected chi connectivity index (χ1v) is 5.90. The van der Waals surface area contributed by atoms with E-state index in [0.29, 0.717) is 0 Å². The quantitative estimate of drug-likeness (QED) is 0.387. The summed E-state index contributed by atoms with van der Waals surface area (Å²) in [6.07, 6.45) is 0. The first kappa shape index (κ1) is 15.5. The number of amides is 2. The Labute approximate surface area is 121 Å². The standard InChI is InChI=1S/C14H8F4N2O2/c15-9-6-8(10(16)12(18)11(9)17)14(22)20-19-13(21)7-4-2-1-3-5-7/h1-6H,(H,19,21)(H,20,22). The summed E-state index contributed by atoms with van der Waals surface area (Å²) in [5.74, 6) is -9.78. The molecular formula is C14H8F4N2O2. The summed E-state index contributed by atoms with van der Waals surface area (Å²) >= 11 is 0. The van der Waals surface area contributed by atoms with E-state index in [0.717, 1.165) is 0 Å². The molecule has 0 bridgehead atoms. The number of nitrogens with one attached hydrogen (secondary N) is 2. The van der Waals surface area contributed by atoms with Crippen LogP contribution in [0.15, 0.2) is 36.4 Å². The Bertz CT molecular complexity index is 735. The number of hydrogen-bond donors (Lipinski definition) is 2. The molecule has 2 amide bonds. The van der Waals surface area contributed by atoms with Gasteiger partial charge in [0, 0.05) is 5.56 Å². The second kappa shape index (κ2) is 6.25. The van der Waals surface area contributed by atoms with Crippen LogP contribution in [0.1, 0.15) is 20.7 Å². The van der Waals surface area contributed by atoms with Crippen LogP contribution in [0.3, 0.4) is 0 Å². The van der Waals surface area contributed by atoms with E-state index in [9.17, 15) is 27.2 Å². The highest BCUT2D eigenvalue weighted by Gasteiger charge is 2.23. The highest BCUT2D eigenvalue weighted by Crippen LogP contribution is 2.18. The predicted molar refractivity (Wildman–Crippen MR) is 67.6 cm³/mol. The normalized spacial score (nSPS) is 10.2. The summed E-state index contributed by atoms with van der Waals surface area (Å²) in [5.41, 5.74) is 2.83. The monoisotopic (exact) mass is 312 g/mol. The maximum Gasteiger partial charge on any atom is 0.272 e. The predicted octanol–water partition coefficient (Wildman–Crippen LogP) is 2.32. The zero-order valence-electron chi connectivity index (χ0n) is 10.8. The molecule has 2 aromatic rings. The minimum Gasteiger partial charge on any atom is -0.267 e. The van der Waals surface area contributed by atoms with Gasteiger partial charge in [0.15, 0.2) is 23.3 Å². The van der Waals surface area contributed by atoms with Gasteiger partial charge in [-0.3, -0.25) is 20.4 Å². The molecule has 2 rings (SSSR count). The number of rotatable bonds is 2. The van der Waals surface area contributed by atoms with Crippen molar-refractivity contribution in [2.24, 2.45) is 0 Å². The van der Waals surface area contributed by atoms with Crippen LogP contribution < -0.4 is 10.9 Å². The molecule has 22 heavy (non-hydrogen) atoms. The van der Waals surface area contributed by atoms with Crippen molar-refractivity contribution in [3.05, 3.63) is 70.8 Å². The molecule has 2 aromatic carbocycles. The van der Waals surface area contributed by atoms with Crippen molar-refractivity contribution in [2.45, 2.75) is 0 Å². The van der Waals surface area contributed by atoms with E-state index < -0.39 is 40.6 Å². The van der Waals surface area contributed by atoms with Crippen molar-refractivity contribution in [1.29, 1.82) is 0 Å². The summed E-state index contributed by atoms with van der Waals surface area (Å²) in [5, 5.41) is 0. The smallest absolute Gasteiger partial charge is 0.267 e. The molecule has 0 radical (unpaired) electrons. The number of benzene rings is 2. The van der Waals surface area contributed by atoms with Crippen molar-refractivity contribution in [1.82, 2.24) is 10.9 Å². The van der Waals surface area contributed by atoms with Gasteiger partial charge in [-0.05, 0) is 18.2 Å². The summed E-state index contributed by atoms with van der Waals surface area (Å²) < 4.78 is 52.2. The average Bonchev–Trinajstić information content (AvgIpc) is 2.54. The van der Waals surface area contributed by atoms with Crippen LogP contribution in [0, 0.1) is 23.3 Å². The van der Waals surface area contributed by atoms with Crippen LogP contribution in [0.25, 0.3) is 0 Å². The summed E-state index contributed by atoms with van der Waals surface area (Å²) in [6.45, 7) is 0. The Morgan fingerprint density at radius 3 is 2.00 bits per heavy atom. The zero-order valence-corrected chi connectivity index (χ0v) is 10.8. The van der Waals surface area contributed by atoms with E-state index in [2.05, 4.69) is 0 Å². The first-order chi connectivity index (χ1) is 10.4. The molecule has 0 heterocycles. The molecule has 0 unspecified atom stereocenters. The Hall–Kier alpha value is -2.90. The minimum atomic E-state index is -2.11. The number of carbonyl (C=O) groups is 2. The lowest BCUT2D eigenvalue weighted by Crippen LogP contribution is -2.42. The van der Waals surface area contributed by atoms with E-state index in [1.165, 1.54) is 12.1 Å². The molecular weight excluding hydrogens is 304 g/mol. The second-order valence-electron chi connectivity index (χ2n) is 4.12. The Balaban J connectivity index is 2.12. The van der Waals surface area contributed by atoms with Crippen LogP contribution in [0.4, 0.5) is 17.6 Å². The highest BCUT2D eigenvalue weighted by molar-refractivity contribution is 5.99. The van der Waals surface area contributed by atoms with Gasteiger partial charge in [-0.2, -0.15) is 0 Å². The van der Waals surface area contributed by atoms with Gasteiger partial charge >= 0.3 is 0 Å². The molecule has 0 aliphatic heterocycles. The van der Waals surface area contributed by atoms with Crippen LogP contribution in [-0.4, -0.2) is 11.8 Å². The number of hydrogen-bond acceptors (Lipinski definition) is 2. The van der Waals surface area contributed by atoms with Gasteiger partial charge in [-0.25, -0.2) is 17.6 Å². The van der Waals surface area contributed by atoms with Gasteiger partial charge in [0.05, 0.1) is 5.56 Å². The minimum absolute atomic E-state index is 0.192. The Morgan fingerprint density at radius 2 is 1.36 bits per heavy atom. The van der Waals surface area contributed by atoms with Crippen LogP contribution in [0.5, 0.6) is 0 Å². The van der Waals surface area contributed by atoms with Gasteiger partial charge in [-0.1, -0.05) is 18.2 Å². The number of hydrazine groups is 1. The summed E-state index contributed by atoms with van der Waals surface area (Å²) in [7, 11) is 0. The maximum absolute atomic E-state index is 13.4. The lowest BCUT2D eigenvalue weighted by atomic mass is 10.2. The van der Waals surface area contributed by atoms with Gasteiger partial charge in [0.2, 0.25) is 0 Å². The van der Waals surface area contributed by atoms with Gasteiger partial charge < -0.3 is 0 Å². The van der Waals surface area contributed by atoms with Gasteiger partial charge in [0.1, 0.15) is 0 Å². The molecule has 0 spiro atoms. The van der Waals surface area contributed by atoms with E-state index >= 15 is 0 Å². The van der Waals surface area contributed by atoms with Crippen molar-refractivity contribution in [3.63, 3.8) is 0 Å². The molecule has 0 saturated carbocycles. The SMILES string of the molecule is O=C(NNC(=O)c1cc(F)c(F)c(F)c1F)c1ccccc1. The number of carbonyl (C=O) groups excluding carboxylic acids is 2. The van der Waals surface area contributed by atoms with Crippen molar-refractivity contribution in [3.8, 4) is 0 Å². The van der Waals surface area contributed by atoms with Crippen molar-refractivity contribution < 1.29 is 27.2 Å². The van der Waals surface area contributed by atoms with Gasteiger partial charge in [0.25, 0.3) is 11.8 Å². The molecule has 2 N–H and O–H groups in total. The van der Waals surface area contributed by atoms with E-state index in [4.69, 9.17) is 0 Å². The van der Waals surface area contributed by atoms with E-state index in [1.807, 2.05) is 5.43 Å². The van der Waals surface area contributed by atoms with Gasteiger partial charge in [-0.15, -0.1) is 0 Å². The molecule has 8 heteroatoms. The lowest BCUT2D eigenvalue weighted by Gasteiger charge is -2.09. The molecule has 0 atom stereocenters. The van der Waals surface area contributed by atoms with Crippen molar-refractivity contribution in [2.75, 3.05) is 0 Å². The summed E-state index contributed by atoms with van der Waals surface area (Å²) in [6, 6.07) is 7.88. The zero-order chi connectivity index (χ0) is 16.3. The highest BCUT2D eigenvalue weighted by atomic mass is 19.2. The molecule has 4 nitrogen and oxygen atoms in total. The molecule has 0 aliphatic carbocycles. The third kappa shape index (κ3) is 3.05. The maximum atomic E-state index is 13.4. The Kier molecular flexibility index (Phi) is 4.40. The fourth-order valence-corrected chi connectivity index (χ4v) is 1.58. The van der Waals surface area contributed by atoms with Crippen LogP contribution >= 0.6 is 0 Å². The van der Waals surface area contributed by atoms with E-state index in [1.54, 1.807) is 23.6 Å². The molecule has 114 valence electrons. The average molecular weight is 312 g/mol. The van der Waals surface area contributed by atoms with E-state index in [-0.39, 0.29) is 11.6 Å². The fourth-order valence-electron chi connectivity index (χ4n) is 1.58. The largest absolute Gasteiger partial charge is 0.272 e. The Morgan fingerprint density at radius 1 is 0.773 bits per heavy atom. The first-order valence-electron chi connectivity index (χ1n) is 5.90. The lowest BCUT2D eigenvalue weighted by molar-refractivity contribution is 0.0843. The third-order valence-electron chi connectivity index (χ3n) is 2.67. The topological polar surface area (TPSA) is 58.2 Å². The fraction of sp³-hybridized carbons (Fsp3) is 0. The molecule has 0 aromatic heterocycles. The van der Waals surface area contributed by atoms with Crippen molar-refractivity contribution >= 4 is 11.8 Å².